The zero-order valence-electron chi connectivity index (χ0n) is 13.5. The van der Waals surface area contributed by atoms with Crippen molar-refractivity contribution in [3.05, 3.63) is 59.5 Å². The number of hydrogen-bond donors (Lipinski definition) is 2. The first-order valence-electron chi connectivity index (χ1n) is 8.16. The standard InChI is InChI=1S/C18H18N4O3/c19-18(24)16-15(17(25-21-16)12-4-2-1-3-5-12)13-6-14(7-13)22-9-11(10-23)8-20-22/h1-5,8-9,13-14,23H,6-7,10H2,(H2,19,24)/t13-,14-. The van der Waals surface area contributed by atoms with Gasteiger partial charge in [0.25, 0.3) is 5.91 Å². The third kappa shape index (κ3) is 2.72. The molecule has 7 heteroatoms. The van der Waals surface area contributed by atoms with Gasteiger partial charge in [-0.2, -0.15) is 5.10 Å². The number of primary amides is 1. The maximum atomic E-state index is 11.8. The minimum absolute atomic E-state index is 0.0220. The summed E-state index contributed by atoms with van der Waals surface area (Å²) in [6.45, 7) is -0.0220. The van der Waals surface area contributed by atoms with Gasteiger partial charge in [-0.3, -0.25) is 9.48 Å². The second-order valence-electron chi connectivity index (χ2n) is 6.31. The normalized spacial score (nSPS) is 19.6. The van der Waals surface area contributed by atoms with E-state index in [0.29, 0.717) is 5.76 Å². The molecule has 0 unspecified atom stereocenters. The van der Waals surface area contributed by atoms with Gasteiger partial charge in [0.2, 0.25) is 0 Å². The van der Waals surface area contributed by atoms with Crippen molar-refractivity contribution in [3.63, 3.8) is 0 Å². The predicted molar refractivity (Wildman–Crippen MR) is 89.6 cm³/mol. The molecular formula is C18H18N4O3. The second-order valence-corrected chi connectivity index (χ2v) is 6.31. The van der Waals surface area contributed by atoms with E-state index < -0.39 is 5.91 Å². The Kier molecular flexibility index (Phi) is 3.85. The van der Waals surface area contributed by atoms with Crippen molar-refractivity contribution in [2.75, 3.05) is 0 Å². The molecule has 2 aromatic heterocycles. The van der Waals surface area contributed by atoms with Crippen LogP contribution >= 0.6 is 0 Å². The molecule has 0 spiro atoms. The number of rotatable bonds is 5. The highest BCUT2D eigenvalue weighted by Gasteiger charge is 2.38. The quantitative estimate of drug-likeness (QED) is 0.742. The number of aliphatic hydroxyl groups excluding tert-OH is 1. The van der Waals surface area contributed by atoms with Gasteiger partial charge in [0.05, 0.1) is 18.8 Å². The summed E-state index contributed by atoms with van der Waals surface area (Å²) in [5, 5.41) is 17.4. The highest BCUT2D eigenvalue weighted by molar-refractivity contribution is 5.94. The molecule has 1 amide bonds. The Morgan fingerprint density at radius 2 is 2.08 bits per heavy atom. The molecule has 1 aliphatic rings. The molecule has 4 rings (SSSR count). The Bertz CT molecular complexity index is 894. The Labute approximate surface area is 144 Å². The summed E-state index contributed by atoms with van der Waals surface area (Å²) in [5.41, 5.74) is 8.14. The molecule has 25 heavy (non-hydrogen) atoms. The van der Waals surface area contributed by atoms with Crippen LogP contribution in [0.25, 0.3) is 11.3 Å². The van der Waals surface area contributed by atoms with Crippen LogP contribution in [0.15, 0.2) is 47.2 Å². The molecule has 1 aliphatic carbocycles. The maximum Gasteiger partial charge on any atom is 0.271 e. The van der Waals surface area contributed by atoms with E-state index in [1.165, 1.54) is 0 Å². The van der Waals surface area contributed by atoms with Crippen LogP contribution in [-0.2, 0) is 6.61 Å². The van der Waals surface area contributed by atoms with Crippen molar-refractivity contribution in [1.29, 1.82) is 0 Å². The number of hydrogen-bond acceptors (Lipinski definition) is 5. The van der Waals surface area contributed by atoms with Gasteiger partial charge < -0.3 is 15.4 Å². The molecule has 1 saturated carbocycles. The molecule has 0 bridgehead atoms. The largest absolute Gasteiger partial charge is 0.392 e. The number of nitrogens with two attached hydrogens (primary N) is 1. The molecule has 1 aromatic carbocycles. The molecule has 3 aromatic rings. The Balaban J connectivity index is 1.62. The summed E-state index contributed by atoms with van der Waals surface area (Å²) >= 11 is 0. The van der Waals surface area contributed by atoms with Crippen LogP contribution in [0.2, 0.25) is 0 Å². The zero-order chi connectivity index (χ0) is 17.4. The Morgan fingerprint density at radius 3 is 2.72 bits per heavy atom. The zero-order valence-corrected chi connectivity index (χ0v) is 13.5. The third-order valence-corrected chi connectivity index (χ3v) is 4.73. The molecule has 0 radical (unpaired) electrons. The van der Waals surface area contributed by atoms with E-state index >= 15 is 0 Å². The highest BCUT2D eigenvalue weighted by Crippen LogP contribution is 2.48. The van der Waals surface area contributed by atoms with E-state index in [0.717, 1.165) is 29.5 Å². The first kappa shape index (κ1) is 15.6. The number of nitrogens with zero attached hydrogens (tertiary/aromatic N) is 3. The number of carbonyl (C=O) groups excluding carboxylic acids is 1. The van der Waals surface area contributed by atoms with E-state index in [-0.39, 0.29) is 24.3 Å². The van der Waals surface area contributed by atoms with E-state index in [1.807, 2.05) is 41.2 Å². The van der Waals surface area contributed by atoms with Gasteiger partial charge in [-0.1, -0.05) is 35.5 Å². The summed E-state index contributed by atoms with van der Waals surface area (Å²) in [6, 6.07) is 9.82. The van der Waals surface area contributed by atoms with Crippen molar-refractivity contribution < 1.29 is 14.4 Å². The molecule has 3 N–H and O–H groups in total. The predicted octanol–water partition coefficient (Wildman–Crippen LogP) is 2.25. The average molecular weight is 338 g/mol. The average Bonchev–Trinajstić information content (AvgIpc) is 3.22. The second kappa shape index (κ2) is 6.18. The van der Waals surface area contributed by atoms with Crippen LogP contribution < -0.4 is 5.73 Å². The number of aromatic nitrogens is 3. The lowest BCUT2D eigenvalue weighted by Crippen LogP contribution is -2.27. The molecule has 0 saturated heterocycles. The fraction of sp³-hybridized carbons (Fsp3) is 0.278. The third-order valence-electron chi connectivity index (χ3n) is 4.73. The molecule has 0 atom stereocenters. The van der Waals surface area contributed by atoms with Crippen LogP contribution in [0.4, 0.5) is 0 Å². The molecule has 128 valence electrons. The van der Waals surface area contributed by atoms with Crippen LogP contribution in [0.1, 0.15) is 46.4 Å². The lowest BCUT2D eigenvalue weighted by atomic mass is 9.74. The monoisotopic (exact) mass is 338 g/mol. The summed E-state index contributed by atoms with van der Waals surface area (Å²) in [7, 11) is 0. The minimum Gasteiger partial charge on any atom is -0.392 e. The summed E-state index contributed by atoms with van der Waals surface area (Å²) in [4.78, 5) is 11.8. The van der Waals surface area contributed by atoms with Crippen molar-refractivity contribution >= 4 is 5.91 Å². The molecule has 2 heterocycles. The van der Waals surface area contributed by atoms with E-state index in [9.17, 15) is 4.79 Å². The lowest BCUT2D eigenvalue weighted by molar-refractivity contribution is 0.0989. The van der Waals surface area contributed by atoms with Gasteiger partial charge in [0.1, 0.15) is 0 Å². The van der Waals surface area contributed by atoms with Crippen LogP contribution in [0.3, 0.4) is 0 Å². The van der Waals surface area contributed by atoms with Gasteiger partial charge in [0, 0.05) is 22.9 Å². The van der Waals surface area contributed by atoms with E-state index in [4.69, 9.17) is 15.4 Å². The number of carbonyl (C=O) groups is 1. The highest BCUT2D eigenvalue weighted by atomic mass is 16.5. The Morgan fingerprint density at radius 1 is 1.32 bits per heavy atom. The van der Waals surface area contributed by atoms with Crippen molar-refractivity contribution in [2.24, 2.45) is 5.73 Å². The van der Waals surface area contributed by atoms with Crippen LogP contribution in [0, 0.1) is 0 Å². The van der Waals surface area contributed by atoms with Crippen molar-refractivity contribution in [2.45, 2.75) is 31.4 Å². The van der Waals surface area contributed by atoms with Gasteiger partial charge in [0.15, 0.2) is 11.5 Å². The Hall–Kier alpha value is -2.93. The van der Waals surface area contributed by atoms with Crippen LogP contribution in [0.5, 0.6) is 0 Å². The smallest absolute Gasteiger partial charge is 0.271 e. The molecular weight excluding hydrogens is 320 g/mol. The fourth-order valence-corrected chi connectivity index (χ4v) is 3.35. The molecule has 1 fully saturated rings. The topological polar surface area (TPSA) is 107 Å². The van der Waals surface area contributed by atoms with E-state index in [1.54, 1.807) is 6.20 Å². The minimum atomic E-state index is -0.578. The van der Waals surface area contributed by atoms with E-state index in [2.05, 4.69) is 10.3 Å². The summed E-state index contributed by atoms with van der Waals surface area (Å²) in [5.74, 6) is 0.163. The molecule has 0 aliphatic heterocycles. The first-order valence-corrected chi connectivity index (χ1v) is 8.16. The number of benzene rings is 1. The fourth-order valence-electron chi connectivity index (χ4n) is 3.35. The van der Waals surface area contributed by atoms with Crippen molar-refractivity contribution in [1.82, 2.24) is 14.9 Å². The summed E-state index contributed by atoms with van der Waals surface area (Å²) in [6.07, 6.45) is 5.14. The summed E-state index contributed by atoms with van der Waals surface area (Å²) < 4.78 is 7.32. The van der Waals surface area contributed by atoms with Gasteiger partial charge >= 0.3 is 0 Å². The van der Waals surface area contributed by atoms with Crippen LogP contribution in [-0.4, -0.2) is 26.0 Å². The lowest BCUT2D eigenvalue weighted by Gasteiger charge is -2.35. The van der Waals surface area contributed by atoms with Gasteiger partial charge in [-0.25, -0.2) is 0 Å². The van der Waals surface area contributed by atoms with Gasteiger partial charge in [-0.05, 0) is 18.8 Å². The molecule has 7 nitrogen and oxygen atoms in total. The van der Waals surface area contributed by atoms with Gasteiger partial charge in [-0.15, -0.1) is 0 Å². The number of aliphatic hydroxyl groups is 1. The SMILES string of the molecule is NC(=O)c1noc(-c2ccccc2)c1[C@H]1C[C@H](n2cc(CO)cn2)C1. The number of amides is 1. The maximum absolute atomic E-state index is 11.8. The first-order chi connectivity index (χ1) is 12.2. The van der Waals surface area contributed by atoms with Crippen molar-refractivity contribution in [3.8, 4) is 11.3 Å².